The van der Waals surface area contributed by atoms with Crippen molar-refractivity contribution in [2.45, 2.75) is 609 Å². The summed E-state index contributed by atoms with van der Waals surface area (Å²) in [5.74, 6) is 5.02. The third-order valence-corrected chi connectivity index (χ3v) is 33.6. The average molecular weight is 2060 g/mol. The molecule has 0 radical (unpaired) electrons. The smallest absolute Gasteiger partial charge is 0.426 e. The first-order chi connectivity index (χ1) is 70.4. The van der Waals surface area contributed by atoms with Gasteiger partial charge in [-0.1, -0.05) is 569 Å². The lowest BCUT2D eigenvalue weighted by Gasteiger charge is -2.33. The van der Waals surface area contributed by atoms with E-state index in [0.717, 1.165) is 135 Å². The molecule has 9 nitrogen and oxygen atoms in total. The third kappa shape index (κ3) is 56.6. The van der Waals surface area contributed by atoms with Gasteiger partial charge < -0.3 is 36.2 Å². The van der Waals surface area contributed by atoms with E-state index in [1.54, 1.807) is 0 Å². The van der Waals surface area contributed by atoms with E-state index in [1.165, 1.54) is 416 Å². The Morgan fingerprint density at radius 1 is 0.214 bits per heavy atom. The molecule has 12 heteroatoms. The normalized spacial score (nSPS) is 12.7. The number of benzene rings is 6. The molecule has 0 fully saturated rings. The summed E-state index contributed by atoms with van der Waals surface area (Å²) in [5.41, 5.74) is 13.5. The van der Waals surface area contributed by atoms with Crippen LogP contribution in [0.5, 0.6) is 34.5 Å². The van der Waals surface area contributed by atoms with Crippen LogP contribution >= 0.6 is 25.8 Å². The molecule has 0 aliphatic heterocycles. The van der Waals surface area contributed by atoms with Crippen molar-refractivity contribution in [2.75, 3.05) is 19.8 Å². The molecule has 6 rings (SSSR count). The van der Waals surface area contributed by atoms with Crippen molar-refractivity contribution in [3.63, 3.8) is 0 Å². The van der Waals surface area contributed by atoms with Gasteiger partial charge in [0.25, 0.3) is 0 Å². The number of hydrogen-bond acceptors (Lipinski definition) is 9. The largest absolute Gasteiger partial charge is 0.530 e. The van der Waals surface area contributed by atoms with E-state index in [2.05, 4.69) is 241 Å². The van der Waals surface area contributed by atoms with Gasteiger partial charge in [0.1, 0.15) is 34.5 Å². The lowest BCUT2D eigenvalue weighted by Crippen LogP contribution is -2.19. The number of unbranched alkanes of at least 4 members (excludes halogenated alkanes) is 60. The Labute approximate surface area is 899 Å². The van der Waals surface area contributed by atoms with Crippen molar-refractivity contribution in [3.8, 4) is 34.5 Å². The lowest BCUT2D eigenvalue weighted by molar-refractivity contribution is 0.197. The van der Waals surface area contributed by atoms with Gasteiger partial charge in [0.2, 0.25) is 0 Å². The molecule has 0 spiro atoms. The zero-order valence-electron chi connectivity index (χ0n) is 97.7. The summed E-state index contributed by atoms with van der Waals surface area (Å²) in [6.45, 7) is 46.3. The van der Waals surface area contributed by atoms with E-state index in [-0.39, 0.29) is 28.1 Å². The number of para-hydroxylation sites is 3. The van der Waals surface area contributed by atoms with Gasteiger partial charge in [0.15, 0.2) is 0 Å². The van der Waals surface area contributed by atoms with Crippen molar-refractivity contribution in [2.24, 2.45) is 0 Å². The van der Waals surface area contributed by atoms with Crippen LogP contribution in [0.2, 0.25) is 0 Å². The van der Waals surface area contributed by atoms with Gasteiger partial charge in [-0.15, -0.1) is 0 Å². The first kappa shape index (κ1) is 129. The second-order valence-corrected chi connectivity index (χ2v) is 50.3. The molecule has 0 bridgehead atoms. The predicted molar refractivity (Wildman–Crippen MR) is 636 cm³/mol. The van der Waals surface area contributed by atoms with Gasteiger partial charge in [-0.3, -0.25) is 4.52 Å². The summed E-state index contributed by atoms with van der Waals surface area (Å²) in [5, 5.41) is 0. The van der Waals surface area contributed by atoms with Crippen LogP contribution in [0.3, 0.4) is 0 Å². The number of hydrogen-bond donors (Lipinski definition) is 0. The van der Waals surface area contributed by atoms with E-state index < -0.39 is 25.8 Å². The topological polar surface area (TPSA) is 83.1 Å². The molecule has 6 aromatic rings. The van der Waals surface area contributed by atoms with Crippen molar-refractivity contribution < 1.29 is 40.7 Å². The van der Waals surface area contributed by atoms with Crippen molar-refractivity contribution in [3.05, 3.63) is 176 Å². The van der Waals surface area contributed by atoms with Crippen LogP contribution in [0, 0.1) is 20.8 Å². The molecule has 0 heterocycles. The maximum absolute atomic E-state index is 7.51. The Morgan fingerprint density at radius 3 is 0.662 bits per heavy atom. The van der Waals surface area contributed by atoms with Crippen LogP contribution in [0.15, 0.2) is 109 Å². The van der Waals surface area contributed by atoms with E-state index in [4.69, 9.17) is 40.7 Å². The van der Waals surface area contributed by atoms with Gasteiger partial charge >= 0.3 is 25.8 Å². The van der Waals surface area contributed by atoms with E-state index in [0.29, 0.717) is 19.8 Å². The van der Waals surface area contributed by atoms with E-state index in [9.17, 15) is 0 Å². The van der Waals surface area contributed by atoms with Crippen LogP contribution < -0.4 is 27.1 Å². The van der Waals surface area contributed by atoms with Gasteiger partial charge in [-0.05, 0) is 194 Å². The summed E-state index contributed by atoms with van der Waals surface area (Å²) in [4.78, 5) is 0. The molecule has 3 unspecified atom stereocenters. The molecule has 0 aromatic heterocycles. The Balaban J connectivity index is 1.42. The van der Waals surface area contributed by atoms with Crippen LogP contribution in [0.25, 0.3) is 0 Å². The summed E-state index contributed by atoms with van der Waals surface area (Å²) in [6.07, 6.45) is 89.8. The molecule has 3 atom stereocenters. The first-order valence-corrected chi connectivity index (χ1v) is 64.8. The van der Waals surface area contributed by atoms with Crippen LogP contribution in [-0.4, -0.2) is 19.8 Å². The first-order valence-electron chi connectivity index (χ1n) is 61.5. The number of aryl methyl sites for hydroxylation is 6. The molecule has 824 valence electrons. The second-order valence-electron chi connectivity index (χ2n) is 47.1. The highest BCUT2D eigenvalue weighted by atomic mass is 31.2. The van der Waals surface area contributed by atoms with Gasteiger partial charge in [-0.25, -0.2) is 0 Å². The monoisotopic (exact) mass is 2060 g/mol. The molecule has 0 amide bonds. The highest BCUT2D eigenvalue weighted by Crippen LogP contribution is 2.54. The SMILES string of the molecule is CCCCCCCCCCCCCCCCCCOP(OCCCCCCCCCCCCCCCCCC)Oc1cc(C)c(C(CC(C)c2cc(C(C)(C)C)c(OP(Oc3ccccc3CCCCCCCC)Oc3ccccc3CCCCCCCC)cc2C)c2cc(C(C)(C)C)c(OP(OCCCCCCCCCCCCCCCCCC)Oc3ccccc3CCCCCCCC)cc2C)cc1C(C)(C)C. The number of rotatable bonds is 92. The molecule has 145 heavy (non-hydrogen) atoms. The van der Waals surface area contributed by atoms with Crippen molar-refractivity contribution in [1.29, 1.82) is 0 Å². The molecule has 0 aliphatic rings. The maximum Gasteiger partial charge on any atom is 0.530 e. The minimum atomic E-state index is -2.01. The molecule has 0 saturated carbocycles. The summed E-state index contributed by atoms with van der Waals surface area (Å²) >= 11 is 0. The Kier molecular flexibility index (Phi) is 71.3. The maximum atomic E-state index is 7.51. The fourth-order valence-electron chi connectivity index (χ4n) is 21.0. The third-order valence-electron chi connectivity index (χ3n) is 30.3. The summed E-state index contributed by atoms with van der Waals surface area (Å²) < 4.78 is 65.1. The predicted octanol–water partition coefficient (Wildman–Crippen LogP) is 46.4. The summed E-state index contributed by atoms with van der Waals surface area (Å²) in [7, 11) is -5.59. The van der Waals surface area contributed by atoms with Crippen LogP contribution in [0.1, 0.15) is 620 Å². The van der Waals surface area contributed by atoms with Gasteiger partial charge in [-0.2, -0.15) is 0 Å². The van der Waals surface area contributed by atoms with Crippen molar-refractivity contribution >= 4 is 25.8 Å². The zero-order valence-corrected chi connectivity index (χ0v) is 100. The molecular formula is C133H223O9P3. The Bertz CT molecular complexity index is 4070. The minimum absolute atomic E-state index is 0.0676. The molecule has 6 aromatic carbocycles. The highest BCUT2D eigenvalue weighted by Gasteiger charge is 2.35. The highest BCUT2D eigenvalue weighted by molar-refractivity contribution is 7.43. The fraction of sp³-hybridized carbons (Fsp3) is 0.729. The van der Waals surface area contributed by atoms with Crippen LogP contribution in [0.4, 0.5) is 0 Å². The Hall–Kier alpha value is -4.71. The zero-order chi connectivity index (χ0) is 104. The van der Waals surface area contributed by atoms with Gasteiger partial charge in [0.05, 0.1) is 19.8 Å². The molecule has 0 saturated heterocycles. The second kappa shape index (κ2) is 80.2. The Morgan fingerprint density at radius 2 is 0.407 bits per heavy atom. The molecule has 0 N–H and O–H groups in total. The molecular weight excluding hydrogens is 1830 g/mol. The van der Waals surface area contributed by atoms with Crippen molar-refractivity contribution in [1.82, 2.24) is 0 Å². The van der Waals surface area contributed by atoms with E-state index >= 15 is 0 Å². The summed E-state index contributed by atoms with van der Waals surface area (Å²) in [6, 6.07) is 40.5. The molecule has 0 aliphatic carbocycles. The average Bonchev–Trinajstić information content (AvgIpc) is 0.758. The lowest BCUT2D eigenvalue weighted by atomic mass is 9.74. The van der Waals surface area contributed by atoms with Gasteiger partial charge in [0, 0.05) is 22.6 Å². The van der Waals surface area contributed by atoms with Crippen LogP contribution in [-0.2, 0) is 49.1 Å². The fourth-order valence-corrected chi connectivity index (χ4v) is 24.2. The minimum Gasteiger partial charge on any atom is -0.426 e. The quantitative estimate of drug-likeness (QED) is 0.0274. The van der Waals surface area contributed by atoms with E-state index in [1.807, 2.05) is 0 Å². The standard InChI is InChI=1S/C133H223O9P3/c1-20-26-32-38-44-47-50-53-56-59-62-65-68-71-77-89-101-134-143(135-102-90-78-72-69-66-63-60-57-54-51-48-45-39-33-27-21-2)140-128-106-113(9)119(109-123(128)132(14,15)16)121(104-111(7)118-108-122(131(11,12)13)130(105-112(118)8)142-145(138-126-99-87-84-96-116(126)93-81-75-42-36-30-24-5)139-127-100-88-85-97-117(127)94-82-76-43-37-31-25-6)120-110-124(133(17,18)19)129(107-114(120)10)141-144(137-125-98-86-83-95-115(125)92-80-74-41-35-29-23-4)136-103-91-79-73-70-67-64-61-58-55-52-49-46-40-34-28-22-3/h83-88,95-100,105-111,121H,20-82,89-94,101-104H2,1-19H3.